The molecule has 0 unspecified atom stereocenters. The zero-order chi connectivity index (χ0) is 8.32. The highest BCUT2D eigenvalue weighted by Crippen LogP contribution is 2.19. The van der Waals surface area contributed by atoms with E-state index in [1.54, 1.807) is 5.57 Å². The van der Waals surface area contributed by atoms with Crippen molar-refractivity contribution in [2.24, 2.45) is 0 Å². The van der Waals surface area contributed by atoms with Crippen LogP contribution in [0.1, 0.15) is 19.3 Å². The van der Waals surface area contributed by atoms with Crippen molar-refractivity contribution in [1.82, 2.24) is 0 Å². The third-order valence-electron chi connectivity index (χ3n) is 1.87. The molecule has 0 aromatic rings. The van der Waals surface area contributed by atoms with Crippen LogP contribution in [0.15, 0.2) is 23.4 Å². The fraction of sp³-hybridized carbons (Fsp3) is 0.600. The molecule has 1 aliphatic rings. The fourth-order valence-corrected chi connectivity index (χ4v) is 1.92. The molecular weight excluding hydrogens is 148 g/mol. The standard InChI is InChI=1S/C10H18Si/c1-11(2,3)9-8-10-6-4-5-7-10/h6,8-9H,4-5,7H2,1-3H3/b9-8+. The molecule has 1 aliphatic carbocycles. The van der Waals surface area contributed by atoms with Gasteiger partial charge < -0.3 is 0 Å². The van der Waals surface area contributed by atoms with E-state index in [0.717, 1.165) is 0 Å². The van der Waals surface area contributed by atoms with Gasteiger partial charge in [0.25, 0.3) is 0 Å². The van der Waals surface area contributed by atoms with Crippen molar-refractivity contribution in [2.45, 2.75) is 38.9 Å². The average molecular weight is 166 g/mol. The zero-order valence-corrected chi connectivity index (χ0v) is 8.85. The maximum Gasteiger partial charge on any atom is 0.0687 e. The summed E-state index contributed by atoms with van der Waals surface area (Å²) < 4.78 is 0. The SMILES string of the molecule is C[Si](C)(C)/C=C/C1=CCCC1. The first-order valence-electron chi connectivity index (χ1n) is 4.46. The minimum absolute atomic E-state index is 0.946. The van der Waals surface area contributed by atoms with E-state index >= 15 is 0 Å². The molecular formula is C10H18Si. The van der Waals surface area contributed by atoms with Crippen LogP contribution >= 0.6 is 0 Å². The summed E-state index contributed by atoms with van der Waals surface area (Å²) in [6.07, 6.45) is 8.69. The molecule has 11 heavy (non-hydrogen) atoms. The number of hydrogen-bond donors (Lipinski definition) is 0. The summed E-state index contributed by atoms with van der Waals surface area (Å²) in [6.45, 7) is 7.12. The second kappa shape index (κ2) is 3.40. The van der Waals surface area contributed by atoms with Crippen LogP contribution in [0.3, 0.4) is 0 Å². The van der Waals surface area contributed by atoms with Crippen LogP contribution in [0, 0.1) is 0 Å². The molecule has 0 fully saturated rings. The van der Waals surface area contributed by atoms with Crippen molar-refractivity contribution in [3.05, 3.63) is 23.4 Å². The van der Waals surface area contributed by atoms with Gasteiger partial charge >= 0.3 is 0 Å². The summed E-state index contributed by atoms with van der Waals surface area (Å²) in [7, 11) is -0.946. The number of hydrogen-bond acceptors (Lipinski definition) is 0. The third-order valence-corrected chi connectivity index (χ3v) is 3.04. The van der Waals surface area contributed by atoms with Crippen LogP contribution < -0.4 is 0 Å². The minimum atomic E-state index is -0.946. The molecule has 62 valence electrons. The molecule has 1 rings (SSSR count). The molecule has 0 aromatic heterocycles. The third kappa shape index (κ3) is 3.56. The normalized spacial score (nSPS) is 19.4. The predicted molar refractivity (Wildman–Crippen MR) is 54.4 cm³/mol. The Morgan fingerprint density at radius 1 is 1.36 bits per heavy atom. The van der Waals surface area contributed by atoms with Gasteiger partial charge in [-0.3, -0.25) is 0 Å². The Labute approximate surface area is 71.0 Å². The van der Waals surface area contributed by atoms with Crippen LogP contribution in [0.2, 0.25) is 19.6 Å². The molecule has 0 saturated carbocycles. The molecule has 0 radical (unpaired) electrons. The second-order valence-corrected chi connectivity index (χ2v) is 9.44. The van der Waals surface area contributed by atoms with Gasteiger partial charge in [0.2, 0.25) is 0 Å². The molecule has 0 aromatic carbocycles. The summed E-state index contributed by atoms with van der Waals surface area (Å²) in [4.78, 5) is 0. The van der Waals surface area contributed by atoms with Gasteiger partial charge in [-0.2, -0.15) is 0 Å². The van der Waals surface area contributed by atoms with E-state index in [1.165, 1.54) is 19.3 Å². The van der Waals surface area contributed by atoms with E-state index in [-0.39, 0.29) is 0 Å². The van der Waals surface area contributed by atoms with Crippen molar-refractivity contribution in [2.75, 3.05) is 0 Å². The Hall–Kier alpha value is -0.303. The lowest BCUT2D eigenvalue weighted by Crippen LogP contribution is -2.15. The maximum absolute atomic E-state index is 2.43. The Morgan fingerprint density at radius 2 is 2.09 bits per heavy atom. The van der Waals surface area contributed by atoms with Crippen LogP contribution in [-0.4, -0.2) is 8.07 Å². The van der Waals surface area contributed by atoms with Crippen LogP contribution in [0.5, 0.6) is 0 Å². The van der Waals surface area contributed by atoms with E-state index in [4.69, 9.17) is 0 Å². The first-order valence-corrected chi connectivity index (χ1v) is 8.04. The second-order valence-electron chi connectivity index (χ2n) is 4.37. The molecule has 0 amide bonds. The summed E-state index contributed by atoms with van der Waals surface area (Å²) in [6, 6.07) is 0. The topological polar surface area (TPSA) is 0 Å². The highest BCUT2D eigenvalue weighted by molar-refractivity contribution is 6.81. The molecule has 0 bridgehead atoms. The van der Waals surface area contributed by atoms with Gasteiger partial charge in [0, 0.05) is 0 Å². The molecule has 0 spiro atoms. The molecule has 0 saturated heterocycles. The maximum atomic E-state index is 2.43. The quantitative estimate of drug-likeness (QED) is 0.551. The Bertz CT molecular complexity index is 182. The van der Waals surface area contributed by atoms with Crippen molar-refractivity contribution in [1.29, 1.82) is 0 Å². The lowest BCUT2D eigenvalue weighted by atomic mass is 10.2. The molecule has 0 nitrogen and oxygen atoms in total. The Kier molecular flexibility index (Phi) is 2.71. The van der Waals surface area contributed by atoms with Gasteiger partial charge in [0.15, 0.2) is 0 Å². The van der Waals surface area contributed by atoms with Crippen molar-refractivity contribution in [3.8, 4) is 0 Å². The summed E-state index contributed by atoms with van der Waals surface area (Å²) in [5.41, 5.74) is 4.00. The first kappa shape index (κ1) is 8.79. The van der Waals surface area contributed by atoms with Gasteiger partial charge in [-0.05, 0) is 19.3 Å². The van der Waals surface area contributed by atoms with Crippen LogP contribution in [-0.2, 0) is 0 Å². The van der Waals surface area contributed by atoms with Gasteiger partial charge in [-0.15, -0.1) is 0 Å². The van der Waals surface area contributed by atoms with Crippen molar-refractivity contribution in [3.63, 3.8) is 0 Å². The average Bonchev–Trinajstić information content (AvgIpc) is 2.32. The number of allylic oxidation sites excluding steroid dienone is 3. The highest BCUT2D eigenvalue weighted by atomic mass is 28.3. The Morgan fingerprint density at radius 3 is 2.55 bits per heavy atom. The fourth-order valence-electron chi connectivity index (χ4n) is 1.20. The predicted octanol–water partition coefficient (Wildman–Crippen LogP) is 3.53. The lowest BCUT2D eigenvalue weighted by molar-refractivity contribution is 0.916. The monoisotopic (exact) mass is 166 g/mol. The van der Waals surface area contributed by atoms with E-state index in [0.29, 0.717) is 0 Å². The molecule has 0 atom stereocenters. The zero-order valence-electron chi connectivity index (χ0n) is 7.85. The molecule has 0 aliphatic heterocycles. The molecule has 0 heterocycles. The highest BCUT2D eigenvalue weighted by Gasteiger charge is 2.08. The van der Waals surface area contributed by atoms with Gasteiger partial charge in [-0.1, -0.05) is 43.1 Å². The number of rotatable bonds is 2. The van der Waals surface area contributed by atoms with Crippen molar-refractivity contribution < 1.29 is 0 Å². The summed E-state index contributed by atoms with van der Waals surface area (Å²) >= 11 is 0. The van der Waals surface area contributed by atoms with Crippen LogP contribution in [0.25, 0.3) is 0 Å². The van der Waals surface area contributed by atoms with Gasteiger partial charge in [0.05, 0.1) is 8.07 Å². The van der Waals surface area contributed by atoms with Gasteiger partial charge in [0.1, 0.15) is 0 Å². The smallest absolute Gasteiger partial charge is 0.0687 e. The van der Waals surface area contributed by atoms with E-state index in [1.807, 2.05) is 0 Å². The van der Waals surface area contributed by atoms with Crippen molar-refractivity contribution >= 4 is 8.07 Å². The summed E-state index contributed by atoms with van der Waals surface area (Å²) in [5, 5.41) is 0. The lowest BCUT2D eigenvalue weighted by Gasteiger charge is -2.07. The first-order chi connectivity index (χ1) is 5.08. The Balaban J connectivity index is 2.47. The van der Waals surface area contributed by atoms with E-state index in [2.05, 4.69) is 37.5 Å². The van der Waals surface area contributed by atoms with E-state index < -0.39 is 8.07 Å². The molecule has 1 heteroatoms. The van der Waals surface area contributed by atoms with Gasteiger partial charge in [-0.25, -0.2) is 0 Å². The molecule has 0 N–H and O–H groups in total. The summed E-state index contributed by atoms with van der Waals surface area (Å²) in [5.74, 6) is 0. The van der Waals surface area contributed by atoms with E-state index in [9.17, 15) is 0 Å². The minimum Gasteiger partial charge on any atom is -0.0947 e. The van der Waals surface area contributed by atoms with Crippen LogP contribution in [0.4, 0.5) is 0 Å². The largest absolute Gasteiger partial charge is 0.0947 e.